The van der Waals surface area contributed by atoms with E-state index in [1.54, 1.807) is 18.1 Å². The summed E-state index contributed by atoms with van der Waals surface area (Å²) in [6, 6.07) is 23.3. The molecule has 3 aromatic carbocycles. The van der Waals surface area contributed by atoms with Crippen molar-refractivity contribution < 1.29 is 14.5 Å². The number of nitrogens with zero attached hydrogens (tertiary/aromatic N) is 3. The van der Waals surface area contributed by atoms with Gasteiger partial charge >= 0.3 is 0 Å². The van der Waals surface area contributed by atoms with E-state index in [1.807, 2.05) is 60.7 Å². The molecule has 8 nitrogen and oxygen atoms in total. The molecule has 0 radical (unpaired) electrons. The van der Waals surface area contributed by atoms with Crippen molar-refractivity contribution in [3.63, 3.8) is 0 Å². The number of hydrogen-bond acceptors (Lipinski definition) is 5. The van der Waals surface area contributed by atoms with Crippen molar-refractivity contribution >= 4 is 11.6 Å². The Morgan fingerprint density at radius 3 is 2.53 bits per heavy atom. The summed E-state index contributed by atoms with van der Waals surface area (Å²) in [5.41, 5.74) is 4.43. The van der Waals surface area contributed by atoms with Gasteiger partial charge in [-0.15, -0.1) is 0 Å². The Bertz CT molecular complexity index is 1350. The van der Waals surface area contributed by atoms with Gasteiger partial charge in [0.25, 0.3) is 11.6 Å². The topological polar surface area (TPSA) is 101 Å². The molecule has 1 aliphatic rings. The molecule has 1 N–H and O–H groups in total. The molecule has 0 saturated carbocycles. The van der Waals surface area contributed by atoms with E-state index in [1.165, 1.54) is 12.1 Å². The maximum atomic E-state index is 13.5. The molecule has 5 rings (SSSR count). The third-order valence-electron chi connectivity index (χ3n) is 6.11. The lowest BCUT2D eigenvalue weighted by molar-refractivity contribution is -0.384. The Kier molecular flexibility index (Phi) is 5.55. The van der Waals surface area contributed by atoms with Crippen molar-refractivity contribution in [3.8, 4) is 17.0 Å². The molecule has 8 heteroatoms. The van der Waals surface area contributed by atoms with Crippen LogP contribution in [0.5, 0.6) is 5.75 Å². The molecule has 0 aliphatic carbocycles. The number of aromatic amines is 1. The number of non-ortho nitro benzene ring substituents is 1. The predicted octanol–water partition coefficient (Wildman–Crippen LogP) is 4.78. The Labute approximate surface area is 196 Å². The standard InChI is InChI=1S/C26H22N4O4/c1-34-21-12-10-17(11-13-21)14-15-29-25(19-8-5-9-20(16-19)30(32)33)22-23(18-6-3-2-4-7-18)27-28-24(22)26(29)31/h2-13,16,25H,14-15H2,1H3,(H,27,28). The number of methoxy groups -OCH3 is 1. The number of H-pyrrole nitrogens is 1. The van der Waals surface area contributed by atoms with Crippen LogP contribution >= 0.6 is 0 Å². The molecule has 34 heavy (non-hydrogen) atoms. The number of hydrogen-bond donors (Lipinski definition) is 1. The molecule has 0 bridgehead atoms. The first-order chi connectivity index (χ1) is 16.6. The van der Waals surface area contributed by atoms with E-state index in [-0.39, 0.29) is 11.6 Å². The van der Waals surface area contributed by atoms with E-state index in [0.29, 0.717) is 29.9 Å². The van der Waals surface area contributed by atoms with E-state index in [4.69, 9.17) is 4.74 Å². The van der Waals surface area contributed by atoms with Gasteiger partial charge in [-0.2, -0.15) is 5.10 Å². The fourth-order valence-corrected chi connectivity index (χ4v) is 4.44. The summed E-state index contributed by atoms with van der Waals surface area (Å²) < 4.78 is 5.23. The molecule has 2 heterocycles. The normalized spacial score (nSPS) is 14.8. The second kappa shape index (κ2) is 8.82. The Morgan fingerprint density at radius 1 is 1.06 bits per heavy atom. The Morgan fingerprint density at radius 2 is 1.82 bits per heavy atom. The highest BCUT2D eigenvalue weighted by atomic mass is 16.6. The van der Waals surface area contributed by atoms with E-state index < -0.39 is 11.0 Å². The van der Waals surface area contributed by atoms with Gasteiger partial charge in [-0.3, -0.25) is 20.0 Å². The van der Waals surface area contributed by atoms with Crippen molar-refractivity contribution in [2.75, 3.05) is 13.7 Å². The fourth-order valence-electron chi connectivity index (χ4n) is 4.44. The minimum atomic E-state index is -0.491. The maximum absolute atomic E-state index is 13.5. The number of fused-ring (bicyclic) bond motifs is 1. The number of nitro groups is 1. The van der Waals surface area contributed by atoms with Gasteiger partial charge in [-0.1, -0.05) is 54.6 Å². The summed E-state index contributed by atoms with van der Waals surface area (Å²) in [4.78, 5) is 26.3. The highest BCUT2D eigenvalue weighted by Gasteiger charge is 2.42. The SMILES string of the molecule is COc1ccc(CCN2C(=O)c3[nH]nc(-c4ccccc4)c3C2c2cccc([N+](=O)[O-])c2)cc1. The van der Waals surface area contributed by atoms with Crippen LogP contribution in [0, 0.1) is 10.1 Å². The van der Waals surface area contributed by atoms with Crippen LogP contribution in [0.3, 0.4) is 0 Å². The van der Waals surface area contributed by atoms with Gasteiger partial charge in [0.1, 0.15) is 11.4 Å². The lowest BCUT2D eigenvalue weighted by Crippen LogP contribution is -2.31. The maximum Gasteiger partial charge on any atom is 0.273 e. The van der Waals surface area contributed by atoms with Crippen LogP contribution in [0.15, 0.2) is 78.9 Å². The summed E-state index contributed by atoms with van der Waals surface area (Å²) in [5.74, 6) is 0.596. The fraction of sp³-hybridized carbons (Fsp3) is 0.154. The highest BCUT2D eigenvalue weighted by Crippen LogP contribution is 2.43. The van der Waals surface area contributed by atoms with E-state index in [2.05, 4.69) is 10.2 Å². The smallest absolute Gasteiger partial charge is 0.273 e. The minimum Gasteiger partial charge on any atom is -0.497 e. The molecule has 0 fully saturated rings. The number of rotatable bonds is 7. The number of nitrogens with one attached hydrogen (secondary N) is 1. The van der Waals surface area contributed by atoms with Crippen LogP contribution in [0.2, 0.25) is 0 Å². The molecule has 1 aromatic heterocycles. The van der Waals surface area contributed by atoms with Crippen LogP contribution in [0.25, 0.3) is 11.3 Å². The zero-order chi connectivity index (χ0) is 23.7. The third-order valence-corrected chi connectivity index (χ3v) is 6.11. The molecule has 1 aliphatic heterocycles. The highest BCUT2D eigenvalue weighted by molar-refractivity contribution is 6.00. The average Bonchev–Trinajstić information content (AvgIpc) is 3.42. The van der Waals surface area contributed by atoms with E-state index in [0.717, 1.165) is 22.4 Å². The van der Waals surface area contributed by atoms with Gasteiger partial charge in [0, 0.05) is 29.8 Å². The Hall–Kier alpha value is -4.46. The largest absolute Gasteiger partial charge is 0.497 e. The minimum absolute atomic E-state index is 0.0155. The molecule has 0 spiro atoms. The summed E-state index contributed by atoms with van der Waals surface area (Å²) in [6.45, 7) is 0.440. The first kappa shape index (κ1) is 21.4. The number of amides is 1. The lowest BCUT2D eigenvalue weighted by atomic mass is 9.95. The van der Waals surface area contributed by atoms with Gasteiger partial charge in [0.2, 0.25) is 0 Å². The predicted molar refractivity (Wildman–Crippen MR) is 127 cm³/mol. The summed E-state index contributed by atoms with van der Waals surface area (Å²) >= 11 is 0. The monoisotopic (exact) mass is 454 g/mol. The van der Waals surface area contributed by atoms with E-state index >= 15 is 0 Å². The van der Waals surface area contributed by atoms with Gasteiger partial charge in [-0.05, 0) is 29.7 Å². The molecular formula is C26H22N4O4. The van der Waals surface area contributed by atoms with Crippen LogP contribution in [-0.4, -0.2) is 39.6 Å². The number of nitro benzene ring substituents is 1. The van der Waals surface area contributed by atoms with Crippen LogP contribution in [0.4, 0.5) is 5.69 Å². The van der Waals surface area contributed by atoms with Crippen molar-refractivity contribution in [3.05, 3.63) is 111 Å². The van der Waals surface area contributed by atoms with E-state index in [9.17, 15) is 14.9 Å². The van der Waals surface area contributed by atoms with Gasteiger partial charge < -0.3 is 9.64 Å². The van der Waals surface area contributed by atoms with Crippen LogP contribution < -0.4 is 4.74 Å². The van der Waals surface area contributed by atoms with Crippen LogP contribution in [0.1, 0.15) is 33.2 Å². The molecule has 0 saturated heterocycles. The zero-order valence-corrected chi connectivity index (χ0v) is 18.5. The van der Waals surface area contributed by atoms with Crippen molar-refractivity contribution in [1.29, 1.82) is 0 Å². The molecule has 1 unspecified atom stereocenters. The van der Waals surface area contributed by atoms with Gasteiger partial charge in [-0.25, -0.2) is 0 Å². The Balaban J connectivity index is 1.56. The number of carbonyl (C=O) groups excluding carboxylic acids is 1. The summed E-state index contributed by atoms with van der Waals surface area (Å²) in [6.07, 6.45) is 0.625. The molecule has 4 aromatic rings. The number of carbonyl (C=O) groups is 1. The molecule has 1 atom stereocenters. The zero-order valence-electron chi connectivity index (χ0n) is 18.5. The quantitative estimate of drug-likeness (QED) is 0.320. The van der Waals surface area contributed by atoms with Gasteiger partial charge in [0.05, 0.1) is 23.8 Å². The second-order valence-corrected chi connectivity index (χ2v) is 8.08. The third kappa shape index (κ3) is 3.79. The number of aromatic nitrogens is 2. The van der Waals surface area contributed by atoms with Crippen molar-refractivity contribution in [2.45, 2.75) is 12.5 Å². The number of ether oxygens (including phenoxy) is 1. The first-order valence-electron chi connectivity index (χ1n) is 10.9. The lowest BCUT2D eigenvalue weighted by Gasteiger charge is -2.26. The molecular weight excluding hydrogens is 432 g/mol. The number of benzene rings is 3. The summed E-state index contributed by atoms with van der Waals surface area (Å²) in [7, 11) is 1.62. The molecule has 170 valence electrons. The summed E-state index contributed by atoms with van der Waals surface area (Å²) in [5, 5.41) is 18.8. The van der Waals surface area contributed by atoms with Gasteiger partial charge in [0.15, 0.2) is 0 Å². The van der Waals surface area contributed by atoms with Crippen LogP contribution in [-0.2, 0) is 6.42 Å². The average molecular weight is 454 g/mol. The molecule has 1 amide bonds. The van der Waals surface area contributed by atoms with Crippen molar-refractivity contribution in [1.82, 2.24) is 15.1 Å². The van der Waals surface area contributed by atoms with Crippen molar-refractivity contribution in [2.24, 2.45) is 0 Å². The second-order valence-electron chi connectivity index (χ2n) is 8.08. The first-order valence-corrected chi connectivity index (χ1v) is 10.9.